The molecule has 24 heavy (non-hydrogen) atoms. The predicted octanol–water partition coefficient (Wildman–Crippen LogP) is 4.66. The number of carbonyl (C=O) groups is 1. The van der Waals surface area contributed by atoms with Gasteiger partial charge in [0.1, 0.15) is 5.78 Å². The molecule has 0 aromatic carbocycles. The fourth-order valence-corrected chi connectivity index (χ4v) is 2.68. The van der Waals surface area contributed by atoms with E-state index in [0.717, 1.165) is 0 Å². The zero-order chi connectivity index (χ0) is 20.0. The molecule has 0 radical (unpaired) electrons. The summed E-state index contributed by atoms with van der Waals surface area (Å²) in [6.07, 6.45) is -4.29. The summed E-state index contributed by atoms with van der Waals surface area (Å²) in [4.78, 5) is 11.6. The molecule has 0 aromatic heterocycles. The van der Waals surface area contributed by atoms with Crippen LogP contribution in [0.5, 0.6) is 0 Å². The molecule has 0 bridgehead atoms. The summed E-state index contributed by atoms with van der Waals surface area (Å²) in [5, 5.41) is 8.93. The van der Waals surface area contributed by atoms with Gasteiger partial charge in [-0.1, -0.05) is 46.4 Å². The molecular formula is C9H6Cl6F6O3. The standard InChI is InChI=1S/C9H6Cl6F6O3/c10-6(11,16)4(23,8(14,18)19)1-3(22)2-5(24,7(12,13)17)9(15,20)21/h23-24H,1-2H2. The zero-order valence-electron chi connectivity index (χ0n) is 10.8. The minimum absolute atomic E-state index is 2.03. The highest BCUT2D eigenvalue weighted by Crippen LogP contribution is 2.52. The van der Waals surface area contributed by atoms with Crippen molar-refractivity contribution in [2.75, 3.05) is 0 Å². The Bertz CT molecular complexity index is 410. The molecule has 2 atom stereocenters. The SMILES string of the molecule is O=C(CC(O)(C(F)(F)Cl)C(F)(Cl)Cl)CC(O)(C(F)(F)Cl)C(F)(Cl)Cl. The van der Waals surface area contributed by atoms with Gasteiger partial charge in [-0.3, -0.25) is 4.79 Å². The Kier molecular flexibility index (Phi) is 7.42. The molecule has 2 unspecified atom stereocenters. The van der Waals surface area contributed by atoms with E-state index in [9.17, 15) is 41.4 Å². The molecule has 0 saturated carbocycles. The fourth-order valence-electron chi connectivity index (χ4n) is 1.36. The molecule has 0 aromatic rings. The molecule has 0 aliphatic rings. The van der Waals surface area contributed by atoms with E-state index in [1.54, 1.807) is 0 Å². The Balaban J connectivity index is 5.74. The second-order valence-electron chi connectivity index (χ2n) is 4.60. The number of aliphatic hydroxyl groups is 2. The largest absolute Gasteiger partial charge is 0.377 e. The van der Waals surface area contributed by atoms with Crippen molar-refractivity contribution in [1.82, 2.24) is 0 Å². The number of rotatable bonds is 8. The molecule has 0 aliphatic heterocycles. The van der Waals surface area contributed by atoms with Crippen LogP contribution in [-0.2, 0) is 4.79 Å². The van der Waals surface area contributed by atoms with Gasteiger partial charge in [0.05, 0.1) is 0 Å². The van der Waals surface area contributed by atoms with E-state index in [2.05, 4.69) is 69.6 Å². The minimum Gasteiger partial charge on any atom is -0.377 e. The van der Waals surface area contributed by atoms with Gasteiger partial charge in [-0.15, -0.1) is 0 Å². The van der Waals surface area contributed by atoms with E-state index >= 15 is 0 Å². The van der Waals surface area contributed by atoms with Gasteiger partial charge in [0, 0.05) is 12.8 Å². The van der Waals surface area contributed by atoms with E-state index in [1.807, 2.05) is 0 Å². The maximum atomic E-state index is 13.4. The van der Waals surface area contributed by atoms with Gasteiger partial charge >= 0.3 is 10.8 Å². The molecule has 0 heterocycles. The van der Waals surface area contributed by atoms with E-state index in [-0.39, 0.29) is 0 Å². The molecule has 0 spiro atoms. The molecule has 144 valence electrons. The van der Waals surface area contributed by atoms with Crippen molar-refractivity contribution in [1.29, 1.82) is 0 Å². The summed E-state index contributed by atoms with van der Waals surface area (Å²) in [5.41, 5.74) is -8.69. The van der Waals surface area contributed by atoms with Crippen LogP contribution >= 0.6 is 69.6 Å². The van der Waals surface area contributed by atoms with E-state index in [0.29, 0.717) is 0 Å². The lowest BCUT2D eigenvalue weighted by molar-refractivity contribution is -0.182. The highest BCUT2D eigenvalue weighted by molar-refractivity contribution is 6.49. The van der Waals surface area contributed by atoms with E-state index in [1.165, 1.54) is 0 Å². The van der Waals surface area contributed by atoms with Gasteiger partial charge in [0.15, 0.2) is 0 Å². The Morgan fingerprint density at radius 1 is 0.667 bits per heavy atom. The number of ketones is 1. The lowest BCUT2D eigenvalue weighted by Crippen LogP contribution is -2.59. The fraction of sp³-hybridized carbons (Fsp3) is 0.889. The summed E-state index contributed by atoms with van der Waals surface area (Å²) in [6.45, 7) is 0. The molecular weight excluding hydrogens is 483 g/mol. The predicted molar refractivity (Wildman–Crippen MR) is 76.8 cm³/mol. The summed E-state index contributed by atoms with van der Waals surface area (Å²) in [7, 11) is 0. The molecule has 0 saturated heterocycles. The number of hydrogen-bond donors (Lipinski definition) is 2. The van der Waals surface area contributed by atoms with Crippen LogP contribution in [-0.4, -0.2) is 47.1 Å². The van der Waals surface area contributed by atoms with Crippen molar-refractivity contribution in [3.63, 3.8) is 0 Å². The lowest BCUT2D eigenvalue weighted by Gasteiger charge is -2.38. The van der Waals surface area contributed by atoms with Crippen LogP contribution in [0.2, 0.25) is 0 Å². The Morgan fingerprint density at radius 2 is 0.875 bits per heavy atom. The van der Waals surface area contributed by atoms with Crippen LogP contribution < -0.4 is 0 Å². The number of hydrogen-bond acceptors (Lipinski definition) is 3. The third kappa shape index (κ3) is 5.00. The van der Waals surface area contributed by atoms with Crippen molar-refractivity contribution >= 4 is 75.4 Å². The quantitative estimate of drug-likeness (QED) is 0.386. The van der Waals surface area contributed by atoms with Crippen LogP contribution in [0, 0.1) is 0 Å². The van der Waals surface area contributed by atoms with Crippen molar-refractivity contribution < 1.29 is 41.4 Å². The smallest absolute Gasteiger partial charge is 0.356 e. The number of alkyl halides is 12. The topological polar surface area (TPSA) is 57.5 Å². The van der Waals surface area contributed by atoms with E-state index < -0.39 is 49.8 Å². The molecule has 3 nitrogen and oxygen atoms in total. The Labute approximate surface area is 160 Å². The minimum atomic E-state index is -4.99. The maximum Gasteiger partial charge on any atom is 0.356 e. The third-order valence-electron chi connectivity index (χ3n) is 2.78. The zero-order valence-corrected chi connectivity index (χ0v) is 15.3. The first-order valence-electron chi connectivity index (χ1n) is 5.33. The van der Waals surface area contributed by atoms with Gasteiger partial charge in [-0.25, -0.2) is 8.78 Å². The van der Waals surface area contributed by atoms with Crippen LogP contribution in [0.15, 0.2) is 0 Å². The summed E-state index contributed by atoms with van der Waals surface area (Å²) < 4.78 is 70.8. The van der Waals surface area contributed by atoms with Crippen molar-refractivity contribution in [3.05, 3.63) is 0 Å². The highest BCUT2D eigenvalue weighted by atomic mass is 35.5. The van der Waals surface area contributed by atoms with Crippen LogP contribution in [0.3, 0.4) is 0 Å². The first kappa shape index (κ1) is 24.9. The molecule has 0 aliphatic carbocycles. The second-order valence-corrected chi connectivity index (χ2v) is 8.02. The van der Waals surface area contributed by atoms with Crippen LogP contribution in [0.25, 0.3) is 0 Å². The van der Waals surface area contributed by atoms with Gasteiger partial charge in [0.2, 0.25) is 11.2 Å². The third-order valence-corrected chi connectivity index (χ3v) is 4.66. The maximum absolute atomic E-state index is 13.4. The number of halogens is 12. The first-order chi connectivity index (χ1) is 10.1. The van der Waals surface area contributed by atoms with Crippen molar-refractivity contribution in [2.24, 2.45) is 0 Å². The average Bonchev–Trinajstić information content (AvgIpc) is 2.21. The number of carbonyl (C=O) groups excluding carboxylic acids is 1. The molecule has 0 amide bonds. The Morgan fingerprint density at radius 3 is 1.00 bits per heavy atom. The second kappa shape index (κ2) is 7.14. The lowest BCUT2D eigenvalue weighted by atomic mass is 9.90. The van der Waals surface area contributed by atoms with E-state index in [4.69, 9.17) is 0 Å². The Hall–Kier alpha value is 0.910. The molecule has 0 fully saturated rings. The number of Topliss-reactive ketones (excluding diaryl/α,β-unsaturated/α-hetero) is 1. The van der Waals surface area contributed by atoms with Crippen LogP contribution in [0.4, 0.5) is 26.3 Å². The summed E-state index contributed by atoms with van der Waals surface area (Å²) in [5.74, 6) is -2.03. The summed E-state index contributed by atoms with van der Waals surface area (Å²) >= 11 is 27.6. The molecule has 0 rings (SSSR count). The van der Waals surface area contributed by atoms with Crippen molar-refractivity contribution in [3.8, 4) is 0 Å². The summed E-state index contributed by atoms with van der Waals surface area (Å²) in [6, 6.07) is 0. The van der Waals surface area contributed by atoms with Crippen molar-refractivity contribution in [2.45, 2.75) is 44.0 Å². The normalized spacial score (nSPS) is 19.6. The van der Waals surface area contributed by atoms with Crippen LogP contribution in [0.1, 0.15) is 12.8 Å². The van der Waals surface area contributed by atoms with Gasteiger partial charge in [0.25, 0.3) is 9.17 Å². The van der Waals surface area contributed by atoms with Gasteiger partial charge < -0.3 is 10.2 Å². The first-order valence-corrected chi connectivity index (χ1v) is 7.60. The monoisotopic (exact) mass is 486 g/mol. The highest BCUT2D eigenvalue weighted by Gasteiger charge is 2.69. The molecule has 2 N–H and O–H groups in total. The van der Waals surface area contributed by atoms with Gasteiger partial charge in [-0.05, 0) is 23.2 Å². The average molecular weight is 489 g/mol. The molecule has 15 heteroatoms. The van der Waals surface area contributed by atoms with Gasteiger partial charge in [-0.2, -0.15) is 17.6 Å².